The molecular weight excluding hydrogens is 261 g/mol. The van der Waals surface area contributed by atoms with E-state index in [1.807, 2.05) is 36.4 Å². The van der Waals surface area contributed by atoms with Crippen LogP contribution >= 0.6 is 11.6 Å². The van der Waals surface area contributed by atoms with Gasteiger partial charge in [-0.15, -0.1) is 0 Å². The van der Waals surface area contributed by atoms with Crippen molar-refractivity contribution in [3.63, 3.8) is 0 Å². The molecule has 0 heterocycles. The second kappa shape index (κ2) is 4.56. The molecule has 0 aliphatic heterocycles. The van der Waals surface area contributed by atoms with E-state index in [0.29, 0.717) is 10.6 Å². The van der Waals surface area contributed by atoms with Crippen molar-refractivity contribution in [2.24, 2.45) is 0 Å². The molecule has 1 nitrogen and oxygen atoms in total. The average molecular weight is 272 g/mol. The van der Waals surface area contributed by atoms with Gasteiger partial charge in [-0.3, -0.25) is 0 Å². The Morgan fingerprint density at radius 2 is 1.58 bits per heavy atom. The molecule has 0 unspecified atom stereocenters. The van der Waals surface area contributed by atoms with Crippen molar-refractivity contribution in [3.8, 4) is 11.1 Å². The van der Waals surface area contributed by atoms with Gasteiger partial charge in [0.25, 0.3) is 0 Å². The third-order valence-electron chi connectivity index (χ3n) is 3.11. The second-order valence-electron chi connectivity index (χ2n) is 4.45. The first-order chi connectivity index (χ1) is 9.13. The molecule has 3 heteroatoms. The first-order valence-electron chi connectivity index (χ1n) is 5.88. The number of hydrogen-bond acceptors (Lipinski definition) is 1. The Hall–Kier alpha value is -2.06. The van der Waals surface area contributed by atoms with E-state index in [0.717, 1.165) is 22.0 Å². The van der Waals surface area contributed by atoms with Gasteiger partial charge in [-0.05, 0) is 52.7 Å². The van der Waals surface area contributed by atoms with Crippen LogP contribution < -0.4 is 5.73 Å². The van der Waals surface area contributed by atoms with Crippen LogP contribution in [0.3, 0.4) is 0 Å². The van der Waals surface area contributed by atoms with Crippen molar-refractivity contribution in [2.75, 3.05) is 5.73 Å². The fourth-order valence-corrected chi connectivity index (χ4v) is 2.31. The molecule has 0 aromatic heterocycles. The van der Waals surface area contributed by atoms with E-state index in [4.69, 9.17) is 17.3 Å². The summed E-state index contributed by atoms with van der Waals surface area (Å²) in [6.07, 6.45) is 0. The van der Waals surface area contributed by atoms with Crippen LogP contribution in [0.15, 0.2) is 54.6 Å². The SMILES string of the molecule is Nc1ccc2cc(-c3ccc(Cl)cc3F)ccc2c1. The van der Waals surface area contributed by atoms with Crippen molar-refractivity contribution in [1.29, 1.82) is 0 Å². The average Bonchev–Trinajstić information content (AvgIpc) is 2.38. The summed E-state index contributed by atoms with van der Waals surface area (Å²) in [5.41, 5.74) is 7.83. The highest BCUT2D eigenvalue weighted by atomic mass is 35.5. The molecule has 3 rings (SSSR count). The quantitative estimate of drug-likeness (QED) is 0.627. The van der Waals surface area contributed by atoms with Crippen LogP contribution in [0, 0.1) is 5.82 Å². The molecule has 19 heavy (non-hydrogen) atoms. The molecule has 3 aromatic rings. The Morgan fingerprint density at radius 3 is 2.37 bits per heavy atom. The van der Waals surface area contributed by atoms with Gasteiger partial charge < -0.3 is 5.73 Å². The van der Waals surface area contributed by atoms with Gasteiger partial charge in [-0.2, -0.15) is 0 Å². The zero-order valence-electron chi connectivity index (χ0n) is 10.0. The minimum Gasteiger partial charge on any atom is -0.399 e. The lowest BCUT2D eigenvalue weighted by atomic mass is 10.0. The lowest BCUT2D eigenvalue weighted by Crippen LogP contribution is -1.86. The van der Waals surface area contributed by atoms with Gasteiger partial charge in [0.15, 0.2) is 0 Å². The number of fused-ring (bicyclic) bond motifs is 1. The van der Waals surface area contributed by atoms with Crippen LogP contribution in [0.25, 0.3) is 21.9 Å². The van der Waals surface area contributed by atoms with E-state index < -0.39 is 0 Å². The largest absolute Gasteiger partial charge is 0.399 e. The van der Waals surface area contributed by atoms with E-state index in [1.54, 1.807) is 12.1 Å². The molecule has 2 N–H and O–H groups in total. The van der Waals surface area contributed by atoms with Crippen molar-refractivity contribution >= 4 is 28.1 Å². The van der Waals surface area contributed by atoms with E-state index in [-0.39, 0.29) is 5.82 Å². The maximum atomic E-state index is 13.9. The van der Waals surface area contributed by atoms with Gasteiger partial charge >= 0.3 is 0 Å². The number of benzene rings is 3. The van der Waals surface area contributed by atoms with Gasteiger partial charge in [-0.25, -0.2) is 4.39 Å². The highest BCUT2D eigenvalue weighted by Crippen LogP contribution is 2.28. The molecule has 0 bridgehead atoms. The van der Waals surface area contributed by atoms with Crippen LogP contribution in [-0.4, -0.2) is 0 Å². The van der Waals surface area contributed by atoms with Crippen LogP contribution in [0.4, 0.5) is 10.1 Å². The van der Waals surface area contributed by atoms with Crippen LogP contribution in [0.2, 0.25) is 5.02 Å². The number of anilines is 1. The molecule has 94 valence electrons. The summed E-state index contributed by atoms with van der Waals surface area (Å²) in [7, 11) is 0. The van der Waals surface area contributed by atoms with Gasteiger partial charge in [0.2, 0.25) is 0 Å². The minimum absolute atomic E-state index is 0.317. The molecular formula is C16H11ClFN. The topological polar surface area (TPSA) is 26.0 Å². The smallest absolute Gasteiger partial charge is 0.132 e. The second-order valence-corrected chi connectivity index (χ2v) is 4.88. The van der Waals surface area contributed by atoms with Gasteiger partial charge in [-0.1, -0.05) is 29.8 Å². The molecule has 0 saturated carbocycles. The monoisotopic (exact) mass is 271 g/mol. The predicted octanol–water partition coefficient (Wildman–Crippen LogP) is 4.88. The molecule has 0 aliphatic rings. The lowest BCUT2D eigenvalue weighted by Gasteiger charge is -2.06. The zero-order valence-corrected chi connectivity index (χ0v) is 10.8. The van der Waals surface area contributed by atoms with Crippen molar-refractivity contribution in [2.45, 2.75) is 0 Å². The van der Waals surface area contributed by atoms with Crippen molar-refractivity contribution in [3.05, 3.63) is 65.4 Å². The highest BCUT2D eigenvalue weighted by Gasteiger charge is 2.06. The molecule has 0 aliphatic carbocycles. The normalized spacial score (nSPS) is 10.8. The maximum Gasteiger partial charge on any atom is 0.132 e. The van der Waals surface area contributed by atoms with Gasteiger partial charge in [0.1, 0.15) is 5.82 Å². The Bertz CT molecular complexity index is 768. The van der Waals surface area contributed by atoms with Crippen molar-refractivity contribution < 1.29 is 4.39 Å². The molecule has 0 spiro atoms. The highest BCUT2D eigenvalue weighted by molar-refractivity contribution is 6.30. The van der Waals surface area contributed by atoms with Crippen LogP contribution in [0.1, 0.15) is 0 Å². The summed E-state index contributed by atoms with van der Waals surface area (Å²) in [6, 6.07) is 16.1. The Morgan fingerprint density at radius 1 is 0.842 bits per heavy atom. The summed E-state index contributed by atoms with van der Waals surface area (Å²) < 4.78 is 13.9. The minimum atomic E-state index is -0.317. The number of nitrogens with two attached hydrogens (primary N) is 1. The summed E-state index contributed by atoms with van der Waals surface area (Å²) >= 11 is 5.76. The fraction of sp³-hybridized carbons (Fsp3) is 0. The summed E-state index contributed by atoms with van der Waals surface area (Å²) in [4.78, 5) is 0. The van der Waals surface area contributed by atoms with Gasteiger partial charge in [0, 0.05) is 16.3 Å². The van der Waals surface area contributed by atoms with E-state index in [9.17, 15) is 4.39 Å². The first kappa shape index (κ1) is 12.0. The zero-order chi connectivity index (χ0) is 13.4. The third kappa shape index (κ3) is 2.27. The summed E-state index contributed by atoms with van der Waals surface area (Å²) in [5, 5.41) is 2.47. The number of rotatable bonds is 1. The van der Waals surface area contributed by atoms with E-state index in [2.05, 4.69) is 0 Å². The number of halogens is 2. The Balaban J connectivity index is 2.17. The lowest BCUT2D eigenvalue weighted by molar-refractivity contribution is 0.631. The molecule has 0 fully saturated rings. The number of hydrogen-bond donors (Lipinski definition) is 1. The number of nitrogen functional groups attached to an aromatic ring is 1. The molecule has 0 amide bonds. The third-order valence-corrected chi connectivity index (χ3v) is 3.34. The van der Waals surface area contributed by atoms with Crippen molar-refractivity contribution in [1.82, 2.24) is 0 Å². The summed E-state index contributed by atoms with van der Waals surface area (Å²) in [5.74, 6) is -0.317. The standard InChI is InChI=1S/C16H11ClFN/c17-13-4-6-15(16(18)9-13)12-2-1-11-8-14(19)5-3-10(11)7-12/h1-9H,19H2. The maximum absolute atomic E-state index is 13.9. The molecule has 0 atom stereocenters. The van der Waals surface area contributed by atoms with Crippen LogP contribution in [0.5, 0.6) is 0 Å². The predicted molar refractivity (Wildman–Crippen MR) is 78.8 cm³/mol. The summed E-state index contributed by atoms with van der Waals surface area (Å²) in [6.45, 7) is 0. The Kier molecular flexibility index (Phi) is 2.88. The molecule has 0 saturated heterocycles. The van der Waals surface area contributed by atoms with E-state index in [1.165, 1.54) is 6.07 Å². The van der Waals surface area contributed by atoms with E-state index >= 15 is 0 Å². The van der Waals surface area contributed by atoms with Gasteiger partial charge in [0.05, 0.1) is 0 Å². The fourth-order valence-electron chi connectivity index (χ4n) is 2.16. The van der Waals surface area contributed by atoms with Crippen LogP contribution in [-0.2, 0) is 0 Å². The first-order valence-corrected chi connectivity index (χ1v) is 6.26. The Labute approximate surface area is 115 Å². The molecule has 0 radical (unpaired) electrons. The molecule has 3 aromatic carbocycles.